The first-order valence-corrected chi connectivity index (χ1v) is 15.5. The summed E-state index contributed by atoms with van der Waals surface area (Å²) >= 11 is 1.85. The van der Waals surface area contributed by atoms with Crippen LogP contribution in [0, 0.1) is 6.92 Å². The van der Waals surface area contributed by atoms with E-state index in [2.05, 4.69) is 108 Å². The van der Waals surface area contributed by atoms with Crippen molar-refractivity contribution in [3.8, 4) is 10.6 Å². The number of fused-ring (bicyclic) bond motifs is 3. The van der Waals surface area contributed by atoms with Crippen LogP contribution < -0.4 is 9.47 Å². The Morgan fingerprint density at radius 2 is 1.93 bits per heavy atom. The number of aromatic nitrogens is 1. The number of carbonyl (C=O) groups excluding carboxylic acids is 1. The van der Waals surface area contributed by atoms with E-state index in [-0.39, 0.29) is 5.91 Å². The zero-order valence-electron chi connectivity index (χ0n) is 25.0. The zero-order chi connectivity index (χ0) is 29.9. The number of aliphatic imine (C=N–C) groups is 2. The predicted molar refractivity (Wildman–Crippen MR) is 179 cm³/mol. The minimum atomic E-state index is -0.389. The molecule has 0 radical (unpaired) electrons. The first kappa shape index (κ1) is 28.5. The third-order valence-corrected chi connectivity index (χ3v) is 9.27. The molecule has 43 heavy (non-hydrogen) atoms. The highest BCUT2D eigenvalue weighted by atomic mass is 32.1. The molecule has 0 bridgehead atoms. The van der Waals surface area contributed by atoms with Gasteiger partial charge in [-0.15, -0.1) is 0 Å². The highest BCUT2D eigenvalue weighted by Crippen LogP contribution is 2.30. The lowest BCUT2D eigenvalue weighted by atomic mass is 10.0. The Hall–Kier alpha value is -4.62. The van der Waals surface area contributed by atoms with E-state index in [0.29, 0.717) is 12.4 Å². The van der Waals surface area contributed by atoms with E-state index in [0.717, 1.165) is 42.8 Å². The second-order valence-electron chi connectivity index (χ2n) is 11.1. The quantitative estimate of drug-likeness (QED) is 0.125. The average Bonchev–Trinajstić information content (AvgIpc) is 3.26. The molecule has 0 spiro atoms. The lowest BCUT2D eigenvalue weighted by Gasteiger charge is -2.24. The van der Waals surface area contributed by atoms with E-state index in [1.165, 1.54) is 43.7 Å². The Balaban J connectivity index is 1.06. The summed E-state index contributed by atoms with van der Waals surface area (Å²) in [6, 6.07) is 23.6. The Morgan fingerprint density at radius 3 is 2.74 bits per heavy atom. The summed E-state index contributed by atoms with van der Waals surface area (Å²) in [5, 5.41) is 1.28. The maximum atomic E-state index is 12.0. The van der Waals surface area contributed by atoms with E-state index in [1.54, 1.807) is 0 Å². The van der Waals surface area contributed by atoms with Crippen LogP contribution in [0.5, 0.6) is 0 Å². The Kier molecular flexibility index (Phi) is 8.16. The van der Waals surface area contributed by atoms with Gasteiger partial charge in [0.15, 0.2) is 5.84 Å². The summed E-state index contributed by atoms with van der Waals surface area (Å²) in [6.07, 6.45) is 10.7. The Morgan fingerprint density at radius 1 is 1.12 bits per heavy atom. The zero-order valence-corrected chi connectivity index (χ0v) is 25.8. The average molecular weight is 587 g/mol. The SMILES string of the molecule is C=CC(=O)N=C1N=C2C=CC(CCCCN(C)c3ccc(-c4sc5cc(C)ccc5[n+]4C)cc3)=CN2Cc2ccccc21. The number of allylic oxidation sites excluding steroid dienone is 2. The Labute approximate surface area is 257 Å². The summed E-state index contributed by atoms with van der Waals surface area (Å²) in [6.45, 7) is 7.37. The van der Waals surface area contributed by atoms with Crippen LogP contribution in [0.1, 0.15) is 36.0 Å². The maximum Gasteiger partial charge on any atom is 0.271 e. The number of amidine groups is 2. The molecule has 7 heteroatoms. The van der Waals surface area contributed by atoms with Crippen molar-refractivity contribution in [2.75, 3.05) is 18.5 Å². The van der Waals surface area contributed by atoms with Gasteiger partial charge in [-0.1, -0.05) is 54.3 Å². The second-order valence-corrected chi connectivity index (χ2v) is 12.2. The van der Waals surface area contributed by atoms with Gasteiger partial charge in [0.25, 0.3) is 10.9 Å². The summed E-state index contributed by atoms with van der Waals surface area (Å²) in [5.74, 6) is 0.835. The first-order chi connectivity index (χ1) is 20.9. The fourth-order valence-electron chi connectivity index (χ4n) is 5.61. The van der Waals surface area contributed by atoms with Gasteiger partial charge >= 0.3 is 0 Å². The summed E-state index contributed by atoms with van der Waals surface area (Å²) in [5.41, 5.74) is 8.30. The predicted octanol–water partition coefficient (Wildman–Crippen LogP) is 7.13. The van der Waals surface area contributed by atoms with E-state index in [1.807, 2.05) is 35.6 Å². The molecule has 1 aromatic heterocycles. The van der Waals surface area contributed by atoms with Crippen LogP contribution in [-0.4, -0.2) is 36.1 Å². The molecule has 0 saturated heterocycles. The van der Waals surface area contributed by atoms with Crippen LogP contribution in [0.2, 0.25) is 0 Å². The molecule has 0 saturated carbocycles. The molecule has 0 unspecified atom stereocenters. The number of nitrogens with zero attached hydrogens (tertiary/aromatic N) is 5. The topological polar surface area (TPSA) is 52.2 Å². The van der Waals surface area contributed by atoms with E-state index in [9.17, 15) is 4.79 Å². The van der Waals surface area contributed by atoms with Crippen molar-refractivity contribution in [1.29, 1.82) is 0 Å². The Bertz CT molecular complexity index is 1830. The highest BCUT2D eigenvalue weighted by Gasteiger charge is 2.22. The van der Waals surface area contributed by atoms with Crippen LogP contribution in [0.25, 0.3) is 20.8 Å². The fourth-order valence-corrected chi connectivity index (χ4v) is 6.86. The van der Waals surface area contributed by atoms with Crippen molar-refractivity contribution in [2.24, 2.45) is 17.0 Å². The minimum Gasteiger partial charge on any atom is -0.375 e. The molecule has 4 aromatic rings. The molecule has 3 heterocycles. The number of hydrogen-bond donors (Lipinski definition) is 0. The molecular weight excluding hydrogens is 550 g/mol. The number of aryl methyl sites for hydroxylation is 2. The standard InChI is InChI=1S/C36H36N5OS/c1-5-34(42)38-35-30-12-7-6-11-28(30)24-41-23-26(14-20-33(41)37-35)10-8-9-21-39(3)29-17-15-27(16-18-29)36-40(4)31-19-13-25(2)22-32(31)43-36/h5-7,11-20,22-23H,1,8-10,21,24H2,2-4H3/q+1. The molecule has 6 rings (SSSR count). The van der Waals surface area contributed by atoms with Gasteiger partial charge in [-0.2, -0.15) is 9.56 Å². The van der Waals surface area contributed by atoms with Crippen molar-refractivity contribution in [3.05, 3.63) is 120 Å². The number of rotatable bonds is 8. The number of anilines is 1. The summed E-state index contributed by atoms with van der Waals surface area (Å²) in [7, 11) is 4.32. The molecule has 216 valence electrons. The highest BCUT2D eigenvalue weighted by molar-refractivity contribution is 7.21. The third kappa shape index (κ3) is 6.13. The lowest BCUT2D eigenvalue weighted by Crippen LogP contribution is -2.28. The smallest absolute Gasteiger partial charge is 0.271 e. The second kappa shape index (κ2) is 12.3. The van der Waals surface area contributed by atoms with Gasteiger partial charge in [0.1, 0.15) is 17.6 Å². The van der Waals surface area contributed by atoms with Gasteiger partial charge in [0, 0.05) is 43.7 Å². The molecule has 0 fully saturated rings. The number of thiazole rings is 1. The molecular formula is C36H36N5OS+. The third-order valence-electron chi connectivity index (χ3n) is 8.02. The molecule has 2 aliphatic rings. The van der Waals surface area contributed by atoms with Crippen molar-refractivity contribution >= 4 is 44.8 Å². The summed E-state index contributed by atoms with van der Waals surface area (Å²) < 4.78 is 3.62. The number of amides is 1. The lowest BCUT2D eigenvalue weighted by molar-refractivity contribution is -0.629. The fraction of sp³-hybridized carbons (Fsp3) is 0.222. The van der Waals surface area contributed by atoms with E-state index >= 15 is 0 Å². The van der Waals surface area contributed by atoms with Gasteiger partial charge in [-0.3, -0.25) is 4.79 Å². The molecule has 1 amide bonds. The van der Waals surface area contributed by atoms with Crippen LogP contribution >= 0.6 is 11.3 Å². The van der Waals surface area contributed by atoms with E-state index in [4.69, 9.17) is 4.99 Å². The van der Waals surface area contributed by atoms with Gasteiger partial charge in [0.2, 0.25) is 5.52 Å². The molecule has 0 atom stereocenters. The van der Waals surface area contributed by atoms with Gasteiger partial charge in [-0.25, -0.2) is 4.99 Å². The van der Waals surface area contributed by atoms with Crippen molar-refractivity contribution < 1.29 is 9.36 Å². The van der Waals surface area contributed by atoms with Crippen LogP contribution in [0.3, 0.4) is 0 Å². The minimum absolute atomic E-state index is 0.389. The van der Waals surface area contributed by atoms with E-state index < -0.39 is 0 Å². The van der Waals surface area contributed by atoms with Crippen LogP contribution in [-0.2, 0) is 18.4 Å². The molecule has 2 aliphatic heterocycles. The number of benzene rings is 3. The maximum absolute atomic E-state index is 12.0. The molecule has 0 aliphatic carbocycles. The van der Waals surface area contributed by atoms with Gasteiger partial charge < -0.3 is 9.80 Å². The van der Waals surface area contributed by atoms with Gasteiger partial charge in [0.05, 0.1) is 5.56 Å². The van der Waals surface area contributed by atoms with Crippen molar-refractivity contribution in [1.82, 2.24) is 4.90 Å². The number of hydrogen-bond acceptors (Lipinski definition) is 4. The molecule has 0 N–H and O–H groups in total. The normalized spacial score (nSPS) is 15.0. The first-order valence-electron chi connectivity index (χ1n) is 14.7. The molecule has 3 aromatic carbocycles. The van der Waals surface area contributed by atoms with Crippen LogP contribution in [0.4, 0.5) is 5.69 Å². The monoisotopic (exact) mass is 586 g/mol. The van der Waals surface area contributed by atoms with Crippen LogP contribution in [0.15, 0.2) is 113 Å². The van der Waals surface area contributed by atoms with Crippen molar-refractivity contribution in [2.45, 2.75) is 32.7 Å². The molecule has 6 nitrogen and oxygen atoms in total. The van der Waals surface area contributed by atoms with Crippen molar-refractivity contribution in [3.63, 3.8) is 0 Å². The largest absolute Gasteiger partial charge is 0.375 e. The number of unbranched alkanes of at least 4 members (excludes halogenated alkanes) is 1. The summed E-state index contributed by atoms with van der Waals surface area (Å²) in [4.78, 5) is 25.4. The van der Waals surface area contributed by atoms with Gasteiger partial charge in [-0.05, 0) is 85.4 Å². The number of carbonyl (C=O) groups is 1.